The van der Waals surface area contributed by atoms with Crippen LogP contribution in [-0.2, 0) is 21.2 Å². The average Bonchev–Trinajstić information content (AvgIpc) is 3.30. The van der Waals surface area contributed by atoms with Crippen molar-refractivity contribution in [3.05, 3.63) is 63.7 Å². The summed E-state index contributed by atoms with van der Waals surface area (Å²) in [7, 11) is -2.15. The molecule has 1 heterocycles. The first-order valence-electron chi connectivity index (χ1n) is 10.6. The van der Waals surface area contributed by atoms with Crippen LogP contribution in [0.3, 0.4) is 0 Å². The lowest BCUT2D eigenvalue weighted by Crippen LogP contribution is -2.36. The van der Waals surface area contributed by atoms with E-state index in [4.69, 9.17) is 11.6 Å². The highest BCUT2D eigenvalue weighted by Crippen LogP contribution is 2.25. The molecule has 2 aromatic carbocycles. The van der Waals surface area contributed by atoms with Crippen molar-refractivity contribution in [2.75, 3.05) is 33.2 Å². The number of carbonyl (C=O) groups is 1. The number of carbonyl (C=O) groups excluding carboxylic acids is 1. The molecule has 172 valence electrons. The molecule has 1 aliphatic rings. The van der Waals surface area contributed by atoms with Crippen molar-refractivity contribution in [2.45, 2.75) is 31.6 Å². The van der Waals surface area contributed by atoms with Crippen LogP contribution >= 0.6 is 11.6 Å². The van der Waals surface area contributed by atoms with E-state index in [0.29, 0.717) is 29.0 Å². The number of sulfonamides is 1. The summed E-state index contributed by atoms with van der Waals surface area (Å²) in [6.45, 7) is 5.58. The van der Waals surface area contributed by atoms with Crippen molar-refractivity contribution in [1.29, 1.82) is 0 Å². The number of halogens is 1. The SMILES string of the molecule is Cc1cc(S(=O)(=O)N(C)CCNC(=O)CCc2ccc(C3=NCCN3)cc2)c(C)cc1Cl. The fourth-order valence-corrected chi connectivity index (χ4v) is 5.12. The summed E-state index contributed by atoms with van der Waals surface area (Å²) in [6, 6.07) is 11.3. The zero-order valence-corrected chi connectivity index (χ0v) is 20.2. The third-order valence-corrected chi connectivity index (χ3v) is 7.84. The summed E-state index contributed by atoms with van der Waals surface area (Å²) in [4.78, 5) is 16.8. The molecule has 0 bridgehead atoms. The number of hydrogen-bond acceptors (Lipinski definition) is 5. The van der Waals surface area contributed by atoms with E-state index in [2.05, 4.69) is 15.6 Å². The van der Waals surface area contributed by atoms with Crippen molar-refractivity contribution >= 4 is 33.4 Å². The van der Waals surface area contributed by atoms with Gasteiger partial charge in [0.25, 0.3) is 0 Å². The second-order valence-corrected chi connectivity index (χ2v) is 10.3. The van der Waals surface area contributed by atoms with E-state index in [1.54, 1.807) is 26.0 Å². The van der Waals surface area contributed by atoms with Crippen LogP contribution in [0.4, 0.5) is 0 Å². The lowest BCUT2D eigenvalue weighted by molar-refractivity contribution is -0.121. The van der Waals surface area contributed by atoms with Crippen LogP contribution in [-0.4, -0.2) is 57.7 Å². The zero-order valence-electron chi connectivity index (χ0n) is 18.6. The summed E-state index contributed by atoms with van der Waals surface area (Å²) >= 11 is 6.08. The van der Waals surface area contributed by atoms with Crippen molar-refractivity contribution < 1.29 is 13.2 Å². The Hall–Kier alpha value is -2.42. The second-order valence-electron chi connectivity index (χ2n) is 7.90. The highest BCUT2D eigenvalue weighted by molar-refractivity contribution is 7.89. The molecule has 3 rings (SSSR count). The Balaban J connectivity index is 1.46. The quantitative estimate of drug-likeness (QED) is 0.582. The summed E-state index contributed by atoms with van der Waals surface area (Å²) in [6.07, 6.45) is 0.952. The van der Waals surface area contributed by atoms with Gasteiger partial charge < -0.3 is 10.6 Å². The Morgan fingerprint density at radius 3 is 2.56 bits per heavy atom. The van der Waals surface area contributed by atoms with E-state index in [1.165, 1.54) is 11.4 Å². The number of nitrogens with one attached hydrogen (secondary N) is 2. The fraction of sp³-hybridized carbons (Fsp3) is 0.391. The molecule has 0 saturated carbocycles. The van der Waals surface area contributed by atoms with Gasteiger partial charge in [-0.25, -0.2) is 8.42 Å². The van der Waals surface area contributed by atoms with Crippen LogP contribution in [0.25, 0.3) is 0 Å². The van der Waals surface area contributed by atoms with Gasteiger partial charge in [0, 0.05) is 43.7 Å². The second kappa shape index (κ2) is 10.5. The maximum absolute atomic E-state index is 12.9. The number of nitrogens with zero attached hydrogens (tertiary/aromatic N) is 2. The number of amides is 1. The Labute approximate surface area is 194 Å². The van der Waals surface area contributed by atoms with Gasteiger partial charge in [0.2, 0.25) is 15.9 Å². The van der Waals surface area contributed by atoms with Crippen molar-refractivity contribution in [3.8, 4) is 0 Å². The predicted octanol–water partition coefficient (Wildman–Crippen LogP) is 2.68. The molecule has 32 heavy (non-hydrogen) atoms. The first-order chi connectivity index (χ1) is 15.2. The highest BCUT2D eigenvalue weighted by Gasteiger charge is 2.23. The van der Waals surface area contributed by atoms with Crippen LogP contribution in [0.5, 0.6) is 0 Å². The molecule has 7 nitrogen and oxygen atoms in total. The van der Waals surface area contributed by atoms with Crippen LogP contribution in [0.15, 0.2) is 46.3 Å². The summed E-state index contributed by atoms with van der Waals surface area (Å²) in [5.41, 5.74) is 3.42. The van der Waals surface area contributed by atoms with E-state index >= 15 is 0 Å². The van der Waals surface area contributed by atoms with Gasteiger partial charge >= 0.3 is 0 Å². The highest BCUT2D eigenvalue weighted by atomic mass is 35.5. The molecule has 1 amide bonds. The molecule has 0 unspecified atom stereocenters. The summed E-state index contributed by atoms with van der Waals surface area (Å²) in [5, 5.41) is 6.58. The van der Waals surface area contributed by atoms with Crippen molar-refractivity contribution in [3.63, 3.8) is 0 Å². The largest absolute Gasteiger partial charge is 0.368 e. The number of aryl methyl sites for hydroxylation is 3. The van der Waals surface area contributed by atoms with E-state index in [9.17, 15) is 13.2 Å². The number of aliphatic imine (C=N–C) groups is 1. The average molecular weight is 477 g/mol. The van der Waals surface area contributed by atoms with Crippen LogP contribution in [0.1, 0.15) is 28.7 Å². The molecule has 0 aromatic heterocycles. The summed E-state index contributed by atoms with van der Waals surface area (Å²) < 4.78 is 27.0. The maximum Gasteiger partial charge on any atom is 0.243 e. The van der Waals surface area contributed by atoms with Crippen LogP contribution < -0.4 is 10.6 Å². The van der Waals surface area contributed by atoms with Gasteiger partial charge in [0.05, 0.1) is 11.4 Å². The van der Waals surface area contributed by atoms with Gasteiger partial charge in [-0.3, -0.25) is 9.79 Å². The molecule has 0 radical (unpaired) electrons. The van der Waals surface area contributed by atoms with Gasteiger partial charge in [-0.15, -0.1) is 0 Å². The Bertz CT molecular complexity index is 1110. The molecule has 0 fully saturated rings. The number of hydrogen-bond donors (Lipinski definition) is 2. The van der Waals surface area contributed by atoms with Gasteiger partial charge in [0.15, 0.2) is 0 Å². The first kappa shape index (κ1) is 24.2. The van der Waals surface area contributed by atoms with E-state index in [1.807, 2.05) is 24.3 Å². The molecule has 2 N–H and O–H groups in total. The van der Waals surface area contributed by atoms with Crippen molar-refractivity contribution in [1.82, 2.24) is 14.9 Å². The third-order valence-electron chi connectivity index (χ3n) is 5.44. The lowest BCUT2D eigenvalue weighted by Gasteiger charge is -2.19. The van der Waals surface area contributed by atoms with E-state index < -0.39 is 10.0 Å². The predicted molar refractivity (Wildman–Crippen MR) is 128 cm³/mol. The Morgan fingerprint density at radius 2 is 1.91 bits per heavy atom. The monoisotopic (exact) mass is 476 g/mol. The van der Waals surface area contributed by atoms with Gasteiger partial charge in [0.1, 0.15) is 5.84 Å². The topological polar surface area (TPSA) is 90.9 Å². The van der Waals surface area contributed by atoms with Gasteiger partial charge in [-0.2, -0.15) is 4.31 Å². The van der Waals surface area contributed by atoms with Gasteiger partial charge in [-0.1, -0.05) is 35.9 Å². The number of amidine groups is 1. The number of rotatable bonds is 9. The van der Waals surface area contributed by atoms with Gasteiger partial charge in [-0.05, 0) is 49.1 Å². The molecule has 0 aliphatic carbocycles. The molecule has 0 atom stereocenters. The number of likely N-dealkylation sites (N-methyl/N-ethyl adjacent to an activating group) is 1. The first-order valence-corrected chi connectivity index (χ1v) is 12.4. The number of benzene rings is 2. The zero-order chi connectivity index (χ0) is 23.3. The molecule has 1 aliphatic heterocycles. The minimum atomic E-state index is -3.66. The Morgan fingerprint density at radius 1 is 1.19 bits per heavy atom. The van der Waals surface area contributed by atoms with E-state index in [0.717, 1.165) is 30.1 Å². The fourth-order valence-electron chi connectivity index (χ4n) is 3.44. The van der Waals surface area contributed by atoms with Crippen LogP contribution in [0.2, 0.25) is 5.02 Å². The smallest absolute Gasteiger partial charge is 0.243 e. The molecule has 0 saturated heterocycles. The normalized spacial score (nSPS) is 13.7. The lowest BCUT2D eigenvalue weighted by atomic mass is 10.1. The summed E-state index contributed by atoms with van der Waals surface area (Å²) in [5.74, 6) is 0.803. The van der Waals surface area contributed by atoms with Crippen LogP contribution in [0, 0.1) is 13.8 Å². The third kappa shape index (κ3) is 5.88. The molecule has 9 heteroatoms. The molecule has 0 spiro atoms. The Kier molecular flexibility index (Phi) is 7.92. The van der Waals surface area contributed by atoms with Crippen molar-refractivity contribution in [2.24, 2.45) is 4.99 Å². The molecular weight excluding hydrogens is 448 g/mol. The minimum absolute atomic E-state index is 0.111. The molecule has 2 aromatic rings. The minimum Gasteiger partial charge on any atom is -0.368 e. The maximum atomic E-state index is 12.9. The molecular formula is C23H29ClN4O3S. The standard InChI is InChI=1S/C23H29ClN4O3S/c1-16-15-21(17(2)14-20(16)24)32(30,31)28(3)13-12-25-22(29)9-6-18-4-7-19(8-5-18)23-26-10-11-27-23/h4-5,7-8,14-15H,6,9-13H2,1-3H3,(H,25,29)(H,26,27). The van der Waals surface area contributed by atoms with E-state index in [-0.39, 0.29) is 23.9 Å².